The number of imidazole rings is 1. The fourth-order valence-electron chi connectivity index (χ4n) is 4.24. The van der Waals surface area contributed by atoms with E-state index in [2.05, 4.69) is 30.2 Å². The van der Waals surface area contributed by atoms with E-state index < -0.39 is 11.6 Å². The van der Waals surface area contributed by atoms with Crippen molar-refractivity contribution in [2.24, 2.45) is 10.7 Å². The standard InChI is InChI=1S/C25H30F2N8/c1-16(2)35-17(3)32-24-20(26)11-19(12-22(24)35)23-21(27)14-31-25(33-23)30-6-4-5-18(13-28)15-34-9-7-29-8-10-34/h4-6,11-14,16,29H,7-10,15,28H2,1-3H3/b5-4-,18-13+,30-6+. The van der Waals surface area contributed by atoms with Crippen LogP contribution in [0.5, 0.6) is 0 Å². The average Bonchev–Trinajstić information content (AvgIpc) is 3.19. The zero-order chi connectivity index (χ0) is 24.9. The van der Waals surface area contributed by atoms with E-state index in [0.29, 0.717) is 16.9 Å². The number of piperazine rings is 1. The van der Waals surface area contributed by atoms with Crippen molar-refractivity contribution >= 4 is 23.2 Å². The number of halogens is 2. The van der Waals surface area contributed by atoms with Gasteiger partial charge in [-0.15, -0.1) is 0 Å². The summed E-state index contributed by atoms with van der Waals surface area (Å²) in [7, 11) is 0. The molecule has 0 saturated carbocycles. The Kier molecular flexibility index (Phi) is 7.62. The molecular formula is C25H30F2N8. The molecule has 0 atom stereocenters. The molecule has 4 rings (SSSR count). The highest BCUT2D eigenvalue weighted by molar-refractivity contribution is 5.83. The third-order valence-corrected chi connectivity index (χ3v) is 5.86. The van der Waals surface area contributed by atoms with Crippen molar-refractivity contribution in [2.45, 2.75) is 26.8 Å². The number of nitrogens with two attached hydrogens (primary N) is 1. The average molecular weight is 481 g/mol. The number of nitrogens with one attached hydrogen (secondary N) is 1. The van der Waals surface area contributed by atoms with Crippen molar-refractivity contribution in [3.63, 3.8) is 0 Å². The molecule has 0 amide bonds. The van der Waals surface area contributed by atoms with Crippen LogP contribution in [0.1, 0.15) is 25.7 Å². The highest BCUT2D eigenvalue weighted by Gasteiger charge is 2.18. The predicted molar refractivity (Wildman–Crippen MR) is 135 cm³/mol. The molecule has 2 aromatic heterocycles. The summed E-state index contributed by atoms with van der Waals surface area (Å²) in [6.45, 7) is 10.4. The molecule has 1 saturated heterocycles. The number of allylic oxidation sites excluding steroid dienone is 1. The van der Waals surface area contributed by atoms with Crippen LogP contribution >= 0.6 is 0 Å². The van der Waals surface area contributed by atoms with Crippen LogP contribution in [0.25, 0.3) is 22.3 Å². The second kappa shape index (κ2) is 10.8. The van der Waals surface area contributed by atoms with Gasteiger partial charge < -0.3 is 15.6 Å². The van der Waals surface area contributed by atoms with Gasteiger partial charge >= 0.3 is 0 Å². The number of nitrogens with zero attached hydrogens (tertiary/aromatic N) is 6. The third-order valence-electron chi connectivity index (χ3n) is 5.86. The monoisotopic (exact) mass is 480 g/mol. The Bertz CT molecular complexity index is 1290. The van der Waals surface area contributed by atoms with E-state index in [9.17, 15) is 8.78 Å². The molecule has 1 aliphatic heterocycles. The lowest BCUT2D eigenvalue weighted by atomic mass is 10.1. The van der Waals surface area contributed by atoms with E-state index in [1.807, 2.05) is 31.4 Å². The lowest BCUT2D eigenvalue weighted by Crippen LogP contribution is -2.44. The number of rotatable bonds is 7. The summed E-state index contributed by atoms with van der Waals surface area (Å²) in [5.74, 6) is -0.429. The van der Waals surface area contributed by atoms with Crippen molar-refractivity contribution in [2.75, 3.05) is 32.7 Å². The SMILES string of the molecule is Cc1nc2c(F)cc(-c3nc(/N=C/C=C\C(=C/N)CN4CCNCC4)ncc3F)cc2n1C(C)C. The van der Waals surface area contributed by atoms with Crippen LogP contribution in [0.15, 0.2) is 47.2 Å². The largest absolute Gasteiger partial charge is 0.404 e. The van der Waals surface area contributed by atoms with E-state index in [4.69, 9.17) is 5.73 Å². The minimum absolute atomic E-state index is 0.0210. The maximum absolute atomic E-state index is 14.8. The molecule has 1 fully saturated rings. The van der Waals surface area contributed by atoms with Crippen LogP contribution in [0.2, 0.25) is 0 Å². The maximum atomic E-state index is 14.8. The van der Waals surface area contributed by atoms with Gasteiger partial charge in [0.05, 0.1) is 11.7 Å². The summed E-state index contributed by atoms with van der Waals surface area (Å²) in [4.78, 5) is 19.0. The van der Waals surface area contributed by atoms with Gasteiger partial charge in [0.15, 0.2) is 11.6 Å². The molecule has 35 heavy (non-hydrogen) atoms. The summed E-state index contributed by atoms with van der Waals surface area (Å²) in [5.41, 5.74) is 7.84. The predicted octanol–water partition coefficient (Wildman–Crippen LogP) is 3.67. The molecule has 1 aliphatic rings. The normalized spacial score (nSPS) is 15.9. The van der Waals surface area contributed by atoms with Crippen LogP contribution in [-0.4, -0.2) is 63.4 Å². The van der Waals surface area contributed by atoms with Gasteiger partial charge in [0.2, 0.25) is 5.95 Å². The molecule has 8 nitrogen and oxygen atoms in total. The van der Waals surface area contributed by atoms with Crippen molar-refractivity contribution < 1.29 is 8.78 Å². The first kappa shape index (κ1) is 24.6. The molecule has 0 aliphatic carbocycles. The van der Waals surface area contributed by atoms with Gasteiger partial charge in [-0.05, 0) is 50.8 Å². The molecule has 3 aromatic rings. The molecule has 1 aromatic carbocycles. The number of aliphatic imine (C=N–C) groups is 1. The summed E-state index contributed by atoms with van der Waals surface area (Å²) >= 11 is 0. The van der Waals surface area contributed by atoms with Crippen LogP contribution in [-0.2, 0) is 0 Å². The Morgan fingerprint density at radius 1 is 1.20 bits per heavy atom. The molecule has 0 radical (unpaired) electrons. The molecule has 10 heteroatoms. The van der Waals surface area contributed by atoms with Crippen LogP contribution < -0.4 is 11.1 Å². The summed E-state index contributed by atoms with van der Waals surface area (Å²) < 4.78 is 31.4. The Morgan fingerprint density at radius 2 is 1.97 bits per heavy atom. The summed E-state index contributed by atoms with van der Waals surface area (Å²) in [6.07, 6.45) is 7.76. The van der Waals surface area contributed by atoms with Crippen molar-refractivity contribution in [1.29, 1.82) is 0 Å². The van der Waals surface area contributed by atoms with Crippen molar-refractivity contribution in [3.05, 3.63) is 59.7 Å². The number of benzene rings is 1. The van der Waals surface area contributed by atoms with Gasteiger partial charge in [-0.25, -0.2) is 28.7 Å². The molecular weight excluding hydrogens is 450 g/mol. The first-order chi connectivity index (χ1) is 16.9. The quantitative estimate of drug-likeness (QED) is 0.396. The lowest BCUT2D eigenvalue weighted by Gasteiger charge is -2.27. The Morgan fingerprint density at radius 3 is 2.69 bits per heavy atom. The fourth-order valence-corrected chi connectivity index (χ4v) is 4.24. The molecule has 0 unspecified atom stereocenters. The van der Waals surface area contributed by atoms with Gasteiger partial charge in [0, 0.05) is 50.5 Å². The second-order valence-corrected chi connectivity index (χ2v) is 8.72. The zero-order valence-corrected chi connectivity index (χ0v) is 20.2. The van der Waals surface area contributed by atoms with E-state index in [1.54, 1.807) is 18.3 Å². The van der Waals surface area contributed by atoms with E-state index in [0.717, 1.165) is 44.5 Å². The maximum Gasteiger partial charge on any atom is 0.250 e. The zero-order valence-electron chi connectivity index (χ0n) is 20.2. The molecule has 3 heterocycles. The minimum Gasteiger partial charge on any atom is -0.404 e. The summed E-state index contributed by atoms with van der Waals surface area (Å²) in [5, 5.41) is 3.32. The minimum atomic E-state index is -0.657. The number of aryl methyl sites for hydroxylation is 1. The van der Waals surface area contributed by atoms with Gasteiger partial charge in [-0.1, -0.05) is 6.08 Å². The van der Waals surface area contributed by atoms with E-state index in [1.165, 1.54) is 12.3 Å². The third kappa shape index (κ3) is 5.60. The van der Waals surface area contributed by atoms with Crippen LogP contribution in [0.4, 0.5) is 14.7 Å². The molecule has 3 N–H and O–H groups in total. The lowest BCUT2D eigenvalue weighted by molar-refractivity contribution is 0.261. The topological polar surface area (TPSA) is 97.2 Å². The summed E-state index contributed by atoms with van der Waals surface area (Å²) in [6, 6.07) is 3.01. The Balaban J connectivity index is 1.56. The molecule has 0 bridgehead atoms. The van der Waals surface area contributed by atoms with Crippen LogP contribution in [0, 0.1) is 18.6 Å². The first-order valence-electron chi connectivity index (χ1n) is 11.6. The van der Waals surface area contributed by atoms with Crippen molar-refractivity contribution in [3.8, 4) is 11.3 Å². The van der Waals surface area contributed by atoms with E-state index in [-0.39, 0.29) is 23.2 Å². The van der Waals surface area contributed by atoms with Gasteiger partial charge in [0.1, 0.15) is 17.0 Å². The van der Waals surface area contributed by atoms with E-state index >= 15 is 0 Å². The Labute approximate surface area is 203 Å². The number of hydrogen-bond donors (Lipinski definition) is 2. The molecule has 184 valence electrons. The first-order valence-corrected chi connectivity index (χ1v) is 11.6. The van der Waals surface area contributed by atoms with Gasteiger partial charge in [0.25, 0.3) is 0 Å². The number of aromatic nitrogens is 4. The number of fused-ring (bicyclic) bond motifs is 1. The van der Waals surface area contributed by atoms with Crippen LogP contribution in [0.3, 0.4) is 0 Å². The smallest absolute Gasteiger partial charge is 0.250 e. The highest BCUT2D eigenvalue weighted by Crippen LogP contribution is 2.30. The highest BCUT2D eigenvalue weighted by atomic mass is 19.1. The second-order valence-electron chi connectivity index (χ2n) is 8.72. The van der Waals surface area contributed by atoms with Crippen molar-refractivity contribution in [1.82, 2.24) is 29.7 Å². The Hall–Kier alpha value is -3.50. The number of hydrogen-bond acceptors (Lipinski definition) is 7. The fraction of sp³-hybridized carbons (Fsp3) is 0.360. The molecule has 0 spiro atoms. The van der Waals surface area contributed by atoms with Gasteiger partial charge in [-0.3, -0.25) is 4.90 Å². The van der Waals surface area contributed by atoms with Gasteiger partial charge in [-0.2, -0.15) is 0 Å².